The number of likely N-dealkylation sites (tertiary alicyclic amines) is 1. The second-order valence-electron chi connectivity index (χ2n) is 6.77. The van der Waals surface area contributed by atoms with Gasteiger partial charge in [-0.3, -0.25) is 9.59 Å². The van der Waals surface area contributed by atoms with Crippen LogP contribution in [0.1, 0.15) is 37.8 Å². The summed E-state index contributed by atoms with van der Waals surface area (Å²) >= 11 is 5.99. The van der Waals surface area contributed by atoms with Crippen molar-refractivity contribution in [2.24, 2.45) is 5.92 Å². The summed E-state index contributed by atoms with van der Waals surface area (Å²) in [4.78, 5) is 29.0. The Bertz CT molecular complexity index is 589. The zero-order valence-corrected chi connectivity index (χ0v) is 16.1. The number of halogens is 1. The van der Waals surface area contributed by atoms with E-state index in [9.17, 15) is 9.59 Å². The molecule has 6 heteroatoms. The van der Waals surface area contributed by atoms with Gasteiger partial charge in [-0.05, 0) is 58.1 Å². The fraction of sp³-hybridized carbons (Fsp3) is 0.579. The Kier molecular flexibility index (Phi) is 7.26. The molecule has 2 atom stereocenters. The van der Waals surface area contributed by atoms with Gasteiger partial charge in [-0.1, -0.05) is 23.7 Å². The van der Waals surface area contributed by atoms with Crippen molar-refractivity contribution in [3.63, 3.8) is 0 Å². The van der Waals surface area contributed by atoms with Gasteiger partial charge in [0.15, 0.2) is 0 Å². The molecule has 1 aromatic rings. The van der Waals surface area contributed by atoms with E-state index in [0.717, 1.165) is 18.5 Å². The lowest BCUT2D eigenvalue weighted by Crippen LogP contribution is -2.48. The van der Waals surface area contributed by atoms with E-state index in [0.29, 0.717) is 31.0 Å². The molecule has 1 fully saturated rings. The van der Waals surface area contributed by atoms with E-state index < -0.39 is 0 Å². The Morgan fingerprint density at radius 3 is 2.60 bits per heavy atom. The number of nitrogens with one attached hydrogen (secondary N) is 1. The fourth-order valence-corrected chi connectivity index (χ4v) is 3.54. The first kappa shape index (κ1) is 19.7. The Morgan fingerprint density at radius 1 is 1.32 bits per heavy atom. The van der Waals surface area contributed by atoms with Crippen molar-refractivity contribution >= 4 is 23.4 Å². The van der Waals surface area contributed by atoms with Crippen LogP contribution < -0.4 is 5.32 Å². The average Bonchev–Trinajstić information content (AvgIpc) is 2.58. The number of piperidine rings is 1. The summed E-state index contributed by atoms with van der Waals surface area (Å²) in [6.07, 6.45) is 1.92. The number of nitrogens with zero attached hydrogens (tertiary/aromatic N) is 2. The minimum absolute atomic E-state index is 0.0321. The molecule has 1 N–H and O–H groups in total. The van der Waals surface area contributed by atoms with Gasteiger partial charge in [-0.15, -0.1) is 0 Å². The van der Waals surface area contributed by atoms with Gasteiger partial charge in [0.25, 0.3) is 0 Å². The summed E-state index contributed by atoms with van der Waals surface area (Å²) in [5, 5.41) is 3.70. The first-order valence-electron chi connectivity index (χ1n) is 8.91. The highest BCUT2D eigenvalue weighted by Gasteiger charge is 2.39. The van der Waals surface area contributed by atoms with Crippen molar-refractivity contribution in [3.8, 4) is 0 Å². The minimum Gasteiger partial charge on any atom is -0.356 e. The lowest BCUT2D eigenvalue weighted by atomic mass is 9.83. The quantitative estimate of drug-likeness (QED) is 0.756. The maximum absolute atomic E-state index is 12.8. The van der Waals surface area contributed by atoms with Crippen LogP contribution in [0.2, 0.25) is 5.02 Å². The van der Waals surface area contributed by atoms with Crippen LogP contribution in [-0.2, 0) is 9.59 Å². The predicted molar refractivity (Wildman–Crippen MR) is 100 cm³/mol. The Hall–Kier alpha value is -1.59. The van der Waals surface area contributed by atoms with Crippen molar-refractivity contribution in [3.05, 3.63) is 34.9 Å². The Balaban J connectivity index is 2.14. The topological polar surface area (TPSA) is 52.7 Å². The smallest absolute Gasteiger partial charge is 0.225 e. The van der Waals surface area contributed by atoms with Gasteiger partial charge in [-0.2, -0.15) is 0 Å². The fourth-order valence-electron chi connectivity index (χ4n) is 3.41. The molecule has 0 spiro atoms. The lowest BCUT2D eigenvalue weighted by molar-refractivity contribution is -0.143. The summed E-state index contributed by atoms with van der Waals surface area (Å²) in [5.74, 6) is -0.0815. The summed E-state index contributed by atoms with van der Waals surface area (Å²) in [5.41, 5.74) is 0.966. The van der Waals surface area contributed by atoms with E-state index in [1.54, 1.807) is 0 Å². The summed E-state index contributed by atoms with van der Waals surface area (Å²) < 4.78 is 0. The summed E-state index contributed by atoms with van der Waals surface area (Å²) in [7, 11) is 4.04. The molecule has 1 aliphatic heterocycles. The largest absolute Gasteiger partial charge is 0.356 e. The number of hydrogen-bond donors (Lipinski definition) is 1. The molecule has 1 aliphatic rings. The molecular weight excluding hydrogens is 338 g/mol. The highest BCUT2D eigenvalue weighted by Crippen LogP contribution is 2.37. The van der Waals surface area contributed by atoms with Gasteiger partial charge in [0, 0.05) is 24.5 Å². The van der Waals surface area contributed by atoms with Gasteiger partial charge >= 0.3 is 0 Å². The zero-order chi connectivity index (χ0) is 18.4. The van der Waals surface area contributed by atoms with Crippen LogP contribution in [-0.4, -0.2) is 55.3 Å². The van der Waals surface area contributed by atoms with E-state index in [1.807, 2.05) is 50.2 Å². The molecule has 2 amide bonds. The van der Waals surface area contributed by atoms with Crippen molar-refractivity contribution < 1.29 is 9.59 Å². The van der Waals surface area contributed by atoms with Crippen LogP contribution in [0.15, 0.2) is 24.3 Å². The highest BCUT2D eigenvalue weighted by molar-refractivity contribution is 6.30. The van der Waals surface area contributed by atoms with Crippen LogP contribution in [0.25, 0.3) is 0 Å². The van der Waals surface area contributed by atoms with Crippen LogP contribution in [0, 0.1) is 5.92 Å². The SMILES string of the molecule is CCN1C(=O)CC[C@@H](C(=O)NCCCN(C)C)[C@@H]1c1ccc(Cl)cc1. The first-order chi connectivity index (χ1) is 11.9. The standard InChI is InChI=1S/C19H28ClN3O2/c1-4-23-17(24)11-10-16(19(25)21-12-5-13-22(2)3)18(23)14-6-8-15(20)9-7-14/h6-9,16,18H,4-5,10-13H2,1-3H3,(H,21,25)/t16-,18+/m1/s1. The van der Waals surface area contributed by atoms with E-state index in [-0.39, 0.29) is 23.8 Å². The average molecular weight is 366 g/mol. The molecule has 5 nitrogen and oxygen atoms in total. The molecular formula is C19H28ClN3O2. The van der Waals surface area contributed by atoms with Gasteiger partial charge in [0.05, 0.1) is 12.0 Å². The summed E-state index contributed by atoms with van der Waals surface area (Å²) in [6, 6.07) is 7.24. The molecule has 1 heterocycles. The molecule has 0 unspecified atom stereocenters. The third kappa shape index (κ3) is 5.19. The number of hydrogen-bond acceptors (Lipinski definition) is 3. The van der Waals surface area contributed by atoms with Crippen LogP contribution in [0.4, 0.5) is 0 Å². The molecule has 1 aromatic carbocycles. The highest BCUT2D eigenvalue weighted by atomic mass is 35.5. The third-order valence-corrected chi connectivity index (χ3v) is 4.93. The van der Waals surface area contributed by atoms with E-state index >= 15 is 0 Å². The number of carbonyl (C=O) groups excluding carboxylic acids is 2. The summed E-state index contributed by atoms with van der Waals surface area (Å²) in [6.45, 7) is 4.14. The molecule has 2 rings (SSSR count). The van der Waals surface area contributed by atoms with Crippen molar-refractivity contribution in [1.29, 1.82) is 0 Å². The monoisotopic (exact) mass is 365 g/mol. The van der Waals surface area contributed by atoms with Gasteiger partial charge in [0.1, 0.15) is 0 Å². The maximum Gasteiger partial charge on any atom is 0.225 e. The normalized spacial score (nSPS) is 20.8. The van der Waals surface area contributed by atoms with E-state index in [1.165, 1.54) is 0 Å². The number of carbonyl (C=O) groups is 2. The number of amides is 2. The van der Waals surface area contributed by atoms with Crippen LogP contribution in [0.5, 0.6) is 0 Å². The molecule has 1 saturated heterocycles. The zero-order valence-electron chi connectivity index (χ0n) is 15.3. The minimum atomic E-state index is -0.225. The third-order valence-electron chi connectivity index (χ3n) is 4.68. The number of benzene rings is 1. The van der Waals surface area contributed by atoms with Crippen LogP contribution in [0.3, 0.4) is 0 Å². The predicted octanol–water partition coefficient (Wildman–Crippen LogP) is 2.71. The van der Waals surface area contributed by atoms with Crippen molar-refractivity contribution in [1.82, 2.24) is 15.1 Å². The second kappa shape index (κ2) is 9.20. The second-order valence-corrected chi connectivity index (χ2v) is 7.21. The molecule has 0 aromatic heterocycles. The molecule has 0 radical (unpaired) electrons. The Morgan fingerprint density at radius 2 is 2.00 bits per heavy atom. The van der Waals surface area contributed by atoms with Crippen molar-refractivity contribution in [2.75, 3.05) is 33.7 Å². The molecule has 0 aliphatic carbocycles. The van der Waals surface area contributed by atoms with Gasteiger partial charge < -0.3 is 15.1 Å². The first-order valence-corrected chi connectivity index (χ1v) is 9.29. The van der Waals surface area contributed by atoms with Crippen molar-refractivity contribution in [2.45, 2.75) is 32.2 Å². The maximum atomic E-state index is 12.8. The van der Waals surface area contributed by atoms with Gasteiger partial charge in [-0.25, -0.2) is 0 Å². The molecule has 138 valence electrons. The van der Waals surface area contributed by atoms with E-state index in [2.05, 4.69) is 10.2 Å². The molecule has 0 saturated carbocycles. The lowest BCUT2D eigenvalue weighted by Gasteiger charge is -2.40. The van der Waals surface area contributed by atoms with Gasteiger partial charge in [0.2, 0.25) is 11.8 Å². The molecule has 25 heavy (non-hydrogen) atoms. The molecule has 0 bridgehead atoms. The number of rotatable bonds is 7. The van der Waals surface area contributed by atoms with Crippen LogP contribution >= 0.6 is 11.6 Å². The van der Waals surface area contributed by atoms with E-state index in [4.69, 9.17) is 11.6 Å². The Labute approximate surface area is 155 Å².